The molecule has 0 aliphatic rings. The number of aliphatic hydroxyl groups excluding tert-OH is 2. The number of hydrogen-bond donors (Lipinski definition) is 4. The predicted octanol–water partition coefficient (Wildman–Crippen LogP) is 1.50. The van der Waals surface area contributed by atoms with Crippen molar-refractivity contribution in [2.24, 2.45) is 0 Å². The van der Waals surface area contributed by atoms with Crippen molar-refractivity contribution in [2.75, 3.05) is 23.8 Å². The van der Waals surface area contributed by atoms with Gasteiger partial charge in [0.05, 0.1) is 12.7 Å². The van der Waals surface area contributed by atoms with Crippen molar-refractivity contribution in [3.05, 3.63) is 23.8 Å². The van der Waals surface area contributed by atoms with Crippen LogP contribution in [0.5, 0.6) is 0 Å². The third-order valence-electron chi connectivity index (χ3n) is 2.73. The second-order valence-electron chi connectivity index (χ2n) is 4.55. The highest BCUT2D eigenvalue weighted by Crippen LogP contribution is 2.20. The van der Waals surface area contributed by atoms with Crippen LogP contribution in [0.4, 0.5) is 11.4 Å². The van der Waals surface area contributed by atoms with Crippen molar-refractivity contribution in [3.63, 3.8) is 0 Å². The van der Waals surface area contributed by atoms with Crippen molar-refractivity contribution in [3.8, 4) is 0 Å². The van der Waals surface area contributed by atoms with Gasteiger partial charge in [0.2, 0.25) is 5.91 Å². The van der Waals surface area contributed by atoms with Crippen LogP contribution in [0.2, 0.25) is 0 Å². The first-order valence-electron chi connectivity index (χ1n) is 6.50. The number of benzene rings is 1. The zero-order valence-corrected chi connectivity index (χ0v) is 11.4. The molecule has 0 aliphatic carbocycles. The zero-order chi connectivity index (χ0) is 14.3. The minimum absolute atomic E-state index is 0.0158. The summed E-state index contributed by atoms with van der Waals surface area (Å²) >= 11 is 0. The molecule has 19 heavy (non-hydrogen) atoms. The molecule has 0 heterocycles. The number of nitrogens with one attached hydrogen (secondary N) is 2. The van der Waals surface area contributed by atoms with Crippen molar-refractivity contribution < 1.29 is 15.0 Å². The number of rotatable bonds is 7. The van der Waals surface area contributed by atoms with Crippen molar-refractivity contribution >= 4 is 17.3 Å². The molecule has 1 aromatic carbocycles. The lowest BCUT2D eigenvalue weighted by molar-refractivity contribution is -0.116. The van der Waals surface area contributed by atoms with Gasteiger partial charge in [0.1, 0.15) is 0 Å². The first-order valence-corrected chi connectivity index (χ1v) is 6.50. The topological polar surface area (TPSA) is 81.6 Å². The highest BCUT2D eigenvalue weighted by Gasteiger charge is 2.05. The van der Waals surface area contributed by atoms with E-state index in [-0.39, 0.29) is 19.1 Å². The molecule has 0 saturated carbocycles. The molecule has 1 aromatic rings. The summed E-state index contributed by atoms with van der Waals surface area (Å²) in [5, 5.41) is 23.9. The van der Waals surface area contributed by atoms with Crippen molar-refractivity contribution in [1.29, 1.82) is 0 Å². The summed E-state index contributed by atoms with van der Waals surface area (Å²) in [6.45, 7) is 3.90. The van der Waals surface area contributed by atoms with Crippen molar-refractivity contribution in [2.45, 2.75) is 32.8 Å². The Morgan fingerprint density at radius 2 is 2.16 bits per heavy atom. The SMILES string of the molecule is CCCC(=O)Nc1ccc(NCC(O)CO)cc1C. The first-order chi connectivity index (χ1) is 9.06. The van der Waals surface area contributed by atoms with Crippen LogP contribution in [-0.4, -0.2) is 35.4 Å². The molecule has 1 atom stereocenters. The predicted molar refractivity (Wildman–Crippen MR) is 76.3 cm³/mol. The fourth-order valence-corrected chi connectivity index (χ4v) is 1.65. The maximum absolute atomic E-state index is 11.5. The Morgan fingerprint density at radius 3 is 2.74 bits per heavy atom. The Morgan fingerprint density at radius 1 is 1.42 bits per heavy atom. The van der Waals surface area contributed by atoms with Gasteiger partial charge in [-0.3, -0.25) is 4.79 Å². The summed E-state index contributed by atoms with van der Waals surface area (Å²) in [5.74, 6) is 0.0158. The average Bonchev–Trinajstić information content (AvgIpc) is 2.39. The fourth-order valence-electron chi connectivity index (χ4n) is 1.65. The molecule has 1 unspecified atom stereocenters. The first kappa shape index (κ1) is 15.5. The van der Waals surface area contributed by atoms with E-state index in [4.69, 9.17) is 5.11 Å². The lowest BCUT2D eigenvalue weighted by Crippen LogP contribution is -2.23. The Labute approximate surface area is 113 Å². The number of carbonyl (C=O) groups is 1. The van der Waals surface area contributed by atoms with Gasteiger partial charge in [-0.1, -0.05) is 6.92 Å². The summed E-state index contributed by atoms with van der Waals surface area (Å²) in [7, 11) is 0. The maximum atomic E-state index is 11.5. The largest absolute Gasteiger partial charge is 0.394 e. The molecular weight excluding hydrogens is 244 g/mol. The summed E-state index contributed by atoms with van der Waals surface area (Å²) in [4.78, 5) is 11.5. The highest BCUT2D eigenvalue weighted by atomic mass is 16.3. The minimum atomic E-state index is -0.774. The molecule has 1 rings (SSSR count). The molecule has 106 valence electrons. The van der Waals surface area contributed by atoms with Gasteiger partial charge >= 0.3 is 0 Å². The lowest BCUT2D eigenvalue weighted by atomic mass is 10.1. The van der Waals surface area contributed by atoms with Crippen LogP contribution < -0.4 is 10.6 Å². The van der Waals surface area contributed by atoms with Crippen LogP contribution in [0.3, 0.4) is 0 Å². The van der Waals surface area contributed by atoms with Gasteiger partial charge in [-0.15, -0.1) is 0 Å². The van der Waals surface area contributed by atoms with Gasteiger partial charge < -0.3 is 20.8 Å². The molecule has 0 saturated heterocycles. The maximum Gasteiger partial charge on any atom is 0.224 e. The number of carbonyl (C=O) groups excluding carboxylic acids is 1. The molecule has 0 aliphatic heterocycles. The Bertz CT molecular complexity index is 421. The summed E-state index contributed by atoms with van der Waals surface area (Å²) in [6.07, 6.45) is 0.565. The molecule has 0 fully saturated rings. The summed E-state index contributed by atoms with van der Waals surface area (Å²) in [5.41, 5.74) is 2.60. The van der Waals surface area contributed by atoms with Crippen molar-refractivity contribution in [1.82, 2.24) is 0 Å². The van der Waals surface area contributed by atoms with E-state index in [0.717, 1.165) is 23.4 Å². The molecule has 1 amide bonds. The van der Waals surface area contributed by atoms with E-state index in [1.807, 2.05) is 32.0 Å². The van der Waals surface area contributed by atoms with Gasteiger partial charge in [0.15, 0.2) is 0 Å². The molecule has 4 N–H and O–H groups in total. The van der Waals surface area contributed by atoms with E-state index < -0.39 is 6.10 Å². The summed E-state index contributed by atoms with van der Waals surface area (Å²) in [6, 6.07) is 5.56. The zero-order valence-electron chi connectivity index (χ0n) is 11.4. The highest BCUT2D eigenvalue weighted by molar-refractivity contribution is 5.91. The van der Waals surface area contributed by atoms with Crippen LogP contribution in [0.15, 0.2) is 18.2 Å². The molecule has 0 bridgehead atoms. The van der Waals surface area contributed by atoms with E-state index in [2.05, 4.69) is 10.6 Å². The molecule has 0 spiro atoms. The lowest BCUT2D eigenvalue weighted by Gasteiger charge is -2.13. The van der Waals surface area contributed by atoms with Gasteiger partial charge in [0.25, 0.3) is 0 Å². The van der Waals surface area contributed by atoms with Gasteiger partial charge in [0, 0.05) is 24.3 Å². The van der Waals surface area contributed by atoms with Crippen LogP contribution in [-0.2, 0) is 4.79 Å². The average molecular weight is 266 g/mol. The van der Waals surface area contributed by atoms with E-state index in [9.17, 15) is 9.90 Å². The van der Waals surface area contributed by atoms with E-state index in [1.54, 1.807) is 0 Å². The second-order valence-corrected chi connectivity index (χ2v) is 4.55. The number of amides is 1. The van der Waals surface area contributed by atoms with Gasteiger partial charge in [-0.2, -0.15) is 0 Å². The third-order valence-corrected chi connectivity index (χ3v) is 2.73. The standard InChI is InChI=1S/C14H22N2O3/c1-3-4-14(19)16-13-6-5-11(7-10(13)2)15-8-12(18)9-17/h5-7,12,15,17-18H,3-4,8-9H2,1-2H3,(H,16,19). The Hall–Kier alpha value is -1.59. The van der Waals surface area contributed by atoms with Crippen LogP contribution in [0.1, 0.15) is 25.3 Å². The molecule has 5 heteroatoms. The quantitative estimate of drug-likeness (QED) is 0.603. The van der Waals surface area contributed by atoms with E-state index >= 15 is 0 Å². The normalized spacial score (nSPS) is 12.0. The van der Waals surface area contributed by atoms with Crippen LogP contribution >= 0.6 is 0 Å². The number of aryl methyl sites for hydroxylation is 1. The molecule has 5 nitrogen and oxygen atoms in total. The smallest absolute Gasteiger partial charge is 0.224 e. The van der Waals surface area contributed by atoms with Gasteiger partial charge in [-0.25, -0.2) is 0 Å². The third kappa shape index (κ3) is 5.28. The number of aliphatic hydroxyl groups is 2. The van der Waals surface area contributed by atoms with Gasteiger partial charge in [-0.05, 0) is 37.1 Å². The van der Waals surface area contributed by atoms with E-state index in [0.29, 0.717) is 6.42 Å². The Balaban J connectivity index is 2.61. The molecule has 0 aromatic heterocycles. The van der Waals surface area contributed by atoms with E-state index in [1.165, 1.54) is 0 Å². The molecular formula is C14H22N2O3. The number of hydrogen-bond acceptors (Lipinski definition) is 4. The summed E-state index contributed by atoms with van der Waals surface area (Å²) < 4.78 is 0. The second kappa shape index (κ2) is 7.76. The minimum Gasteiger partial charge on any atom is -0.394 e. The van der Waals surface area contributed by atoms with Crippen LogP contribution in [0.25, 0.3) is 0 Å². The monoisotopic (exact) mass is 266 g/mol. The van der Waals surface area contributed by atoms with Crippen LogP contribution in [0, 0.1) is 6.92 Å². The molecule has 0 radical (unpaired) electrons. The Kier molecular flexibility index (Phi) is 6.32. The number of anilines is 2. The fraction of sp³-hybridized carbons (Fsp3) is 0.500.